The van der Waals surface area contributed by atoms with Crippen molar-refractivity contribution >= 4 is 23.3 Å². The lowest BCUT2D eigenvalue weighted by molar-refractivity contribution is -0.128. The predicted octanol–water partition coefficient (Wildman–Crippen LogP) is 1.70. The summed E-state index contributed by atoms with van der Waals surface area (Å²) in [7, 11) is 1.91. The van der Waals surface area contributed by atoms with Crippen molar-refractivity contribution in [1.29, 1.82) is 0 Å². The molecule has 1 N–H and O–H groups in total. The molecule has 0 spiro atoms. The summed E-state index contributed by atoms with van der Waals surface area (Å²) in [5.74, 6) is 1.49. The van der Waals surface area contributed by atoms with E-state index in [1.54, 1.807) is 11.8 Å². The molecule has 2 aromatic heterocycles. The molecule has 0 radical (unpaired) electrons. The minimum Gasteiger partial charge on any atom is -0.341 e. The number of amides is 1. The Morgan fingerprint density at radius 2 is 2.36 bits per heavy atom. The minimum atomic E-state index is 0.207. The van der Waals surface area contributed by atoms with Gasteiger partial charge >= 0.3 is 0 Å². The maximum atomic E-state index is 12.2. The molecule has 1 aliphatic heterocycles. The third kappa shape index (κ3) is 3.44. The van der Waals surface area contributed by atoms with E-state index in [4.69, 9.17) is 0 Å². The first-order chi connectivity index (χ1) is 10.6. The Balaban J connectivity index is 1.52. The monoisotopic (exact) mass is 318 g/mol. The smallest absolute Gasteiger partial charge is 0.232 e. The van der Waals surface area contributed by atoms with Gasteiger partial charge in [0.15, 0.2) is 0 Å². The van der Waals surface area contributed by atoms with E-state index in [1.165, 1.54) is 5.56 Å². The van der Waals surface area contributed by atoms with Gasteiger partial charge in [0.2, 0.25) is 5.91 Å². The van der Waals surface area contributed by atoms with E-state index in [9.17, 15) is 4.79 Å². The number of imidazole rings is 1. The Morgan fingerprint density at radius 3 is 3.14 bits per heavy atom. The van der Waals surface area contributed by atoms with E-state index >= 15 is 0 Å². The summed E-state index contributed by atoms with van der Waals surface area (Å²) < 4.78 is 2.05. The number of pyridine rings is 1. The van der Waals surface area contributed by atoms with Crippen LogP contribution in [0.15, 0.2) is 24.5 Å². The lowest BCUT2D eigenvalue weighted by Gasteiger charge is -2.23. The molecule has 0 aliphatic carbocycles. The van der Waals surface area contributed by atoms with E-state index in [1.807, 2.05) is 28.6 Å². The molecule has 0 saturated carbocycles. The molecule has 5 nitrogen and oxygen atoms in total. The Bertz CT molecular complexity index is 663. The van der Waals surface area contributed by atoms with Crippen molar-refractivity contribution in [3.63, 3.8) is 0 Å². The van der Waals surface area contributed by atoms with Crippen LogP contribution in [0.25, 0.3) is 5.65 Å². The SMILES string of the molecule is Cc1ccc2nc(CSCC(=O)N(C)C3CCNC3)cn2c1. The molecular formula is C16H22N4OS. The van der Waals surface area contributed by atoms with Crippen LogP contribution in [0.3, 0.4) is 0 Å². The number of hydrogen-bond acceptors (Lipinski definition) is 4. The standard InChI is InChI=1S/C16H22N4OS/c1-12-3-4-15-18-13(9-20(15)8-12)10-22-11-16(21)19(2)14-5-6-17-7-14/h3-4,8-9,14,17H,5-7,10-11H2,1-2H3. The van der Waals surface area contributed by atoms with Crippen LogP contribution in [0, 0.1) is 6.92 Å². The molecule has 1 unspecified atom stereocenters. The highest BCUT2D eigenvalue weighted by Gasteiger charge is 2.22. The van der Waals surface area contributed by atoms with Crippen LogP contribution in [0.1, 0.15) is 17.7 Å². The van der Waals surface area contributed by atoms with E-state index in [0.29, 0.717) is 11.8 Å². The van der Waals surface area contributed by atoms with Gasteiger partial charge in [-0.3, -0.25) is 4.79 Å². The van der Waals surface area contributed by atoms with Gasteiger partial charge in [-0.25, -0.2) is 4.98 Å². The predicted molar refractivity (Wildman–Crippen MR) is 90.1 cm³/mol. The molecule has 1 fully saturated rings. The zero-order valence-corrected chi connectivity index (χ0v) is 13.9. The molecule has 0 aromatic carbocycles. The normalized spacial score (nSPS) is 18.0. The van der Waals surface area contributed by atoms with Crippen LogP contribution in [0.2, 0.25) is 0 Å². The number of nitrogens with zero attached hydrogens (tertiary/aromatic N) is 3. The van der Waals surface area contributed by atoms with Crippen molar-refractivity contribution in [3.05, 3.63) is 35.8 Å². The Hall–Kier alpha value is -1.53. The number of nitrogens with one attached hydrogen (secondary N) is 1. The van der Waals surface area contributed by atoms with Gasteiger partial charge in [0.05, 0.1) is 11.4 Å². The first kappa shape index (κ1) is 15.4. The van der Waals surface area contributed by atoms with Crippen molar-refractivity contribution in [2.75, 3.05) is 25.9 Å². The fraction of sp³-hybridized carbons (Fsp3) is 0.500. The molecule has 1 saturated heterocycles. The highest BCUT2D eigenvalue weighted by molar-refractivity contribution is 7.99. The second-order valence-electron chi connectivity index (χ2n) is 5.85. The van der Waals surface area contributed by atoms with Crippen molar-refractivity contribution in [2.45, 2.75) is 25.1 Å². The second kappa shape index (κ2) is 6.71. The second-order valence-corrected chi connectivity index (χ2v) is 6.83. The molecule has 6 heteroatoms. The van der Waals surface area contributed by atoms with Gasteiger partial charge in [-0.05, 0) is 31.5 Å². The van der Waals surface area contributed by atoms with Crippen LogP contribution in [-0.2, 0) is 10.5 Å². The molecule has 118 valence electrons. The molecular weight excluding hydrogens is 296 g/mol. The van der Waals surface area contributed by atoms with Gasteiger partial charge < -0.3 is 14.6 Å². The first-order valence-corrected chi connectivity index (χ1v) is 8.77. The summed E-state index contributed by atoms with van der Waals surface area (Å²) in [4.78, 5) is 18.7. The Morgan fingerprint density at radius 1 is 1.50 bits per heavy atom. The summed E-state index contributed by atoms with van der Waals surface area (Å²) in [5.41, 5.74) is 3.20. The van der Waals surface area contributed by atoms with E-state index in [-0.39, 0.29) is 5.91 Å². The highest BCUT2D eigenvalue weighted by atomic mass is 32.2. The minimum absolute atomic E-state index is 0.207. The van der Waals surface area contributed by atoms with Gasteiger partial charge in [0, 0.05) is 37.8 Å². The maximum absolute atomic E-state index is 12.2. The van der Waals surface area contributed by atoms with Crippen LogP contribution >= 0.6 is 11.8 Å². The molecule has 0 bridgehead atoms. The molecule has 1 atom stereocenters. The lowest BCUT2D eigenvalue weighted by atomic mass is 10.2. The third-order valence-corrected chi connectivity index (χ3v) is 5.05. The van der Waals surface area contributed by atoms with E-state index < -0.39 is 0 Å². The van der Waals surface area contributed by atoms with Crippen LogP contribution in [0.5, 0.6) is 0 Å². The molecule has 22 heavy (non-hydrogen) atoms. The van der Waals surface area contributed by atoms with Crippen molar-refractivity contribution in [1.82, 2.24) is 19.6 Å². The Labute approximate surface area is 135 Å². The average molecular weight is 318 g/mol. The number of aryl methyl sites for hydroxylation is 1. The van der Waals surface area contributed by atoms with Gasteiger partial charge in [-0.2, -0.15) is 0 Å². The summed E-state index contributed by atoms with van der Waals surface area (Å²) in [5, 5.41) is 3.30. The van der Waals surface area contributed by atoms with Gasteiger partial charge in [0.1, 0.15) is 5.65 Å². The number of likely N-dealkylation sites (N-methyl/N-ethyl adjacent to an activating group) is 1. The van der Waals surface area contributed by atoms with Gasteiger partial charge in [-0.15, -0.1) is 11.8 Å². The number of rotatable bonds is 5. The quantitative estimate of drug-likeness (QED) is 0.911. The van der Waals surface area contributed by atoms with E-state index in [2.05, 4.69) is 29.5 Å². The zero-order chi connectivity index (χ0) is 15.5. The topological polar surface area (TPSA) is 49.6 Å². The molecule has 1 amide bonds. The first-order valence-electron chi connectivity index (χ1n) is 7.62. The number of aromatic nitrogens is 2. The zero-order valence-electron chi connectivity index (χ0n) is 13.1. The third-order valence-electron chi connectivity index (χ3n) is 4.10. The highest BCUT2D eigenvalue weighted by Crippen LogP contribution is 2.15. The largest absolute Gasteiger partial charge is 0.341 e. The molecule has 1 aliphatic rings. The van der Waals surface area contributed by atoms with Crippen molar-refractivity contribution in [3.8, 4) is 0 Å². The van der Waals surface area contributed by atoms with Crippen molar-refractivity contribution in [2.24, 2.45) is 0 Å². The average Bonchev–Trinajstić information content (AvgIpc) is 3.14. The lowest BCUT2D eigenvalue weighted by Crippen LogP contribution is -2.39. The molecule has 3 heterocycles. The molecule has 2 aromatic rings. The number of carbonyl (C=O) groups is 1. The van der Waals surface area contributed by atoms with Gasteiger partial charge in [0.25, 0.3) is 0 Å². The van der Waals surface area contributed by atoms with Crippen molar-refractivity contribution < 1.29 is 4.79 Å². The molecule has 3 rings (SSSR count). The van der Waals surface area contributed by atoms with Crippen LogP contribution in [0.4, 0.5) is 0 Å². The van der Waals surface area contributed by atoms with Gasteiger partial charge in [-0.1, -0.05) is 6.07 Å². The van der Waals surface area contributed by atoms with E-state index in [0.717, 1.165) is 36.6 Å². The fourth-order valence-electron chi connectivity index (χ4n) is 2.74. The van der Waals surface area contributed by atoms with Crippen LogP contribution < -0.4 is 5.32 Å². The Kier molecular flexibility index (Phi) is 4.69. The van der Waals surface area contributed by atoms with Crippen LogP contribution in [-0.4, -0.2) is 52.1 Å². The maximum Gasteiger partial charge on any atom is 0.232 e. The fourth-order valence-corrected chi connectivity index (χ4v) is 3.57. The number of fused-ring (bicyclic) bond motifs is 1. The number of carbonyl (C=O) groups excluding carboxylic acids is 1. The summed E-state index contributed by atoms with van der Waals surface area (Å²) in [6.07, 6.45) is 5.17. The summed E-state index contributed by atoms with van der Waals surface area (Å²) in [6.45, 7) is 4.00. The summed E-state index contributed by atoms with van der Waals surface area (Å²) in [6, 6.07) is 4.44. The number of hydrogen-bond donors (Lipinski definition) is 1. The summed E-state index contributed by atoms with van der Waals surface area (Å²) >= 11 is 1.63. The number of thioether (sulfide) groups is 1.